The molecule has 0 atom stereocenters. The SMILES string of the molecule is O=C(NC1(c2ccccc2F)CC1)Oc1ccccc1. The molecule has 1 aliphatic rings. The van der Waals surface area contributed by atoms with Crippen LogP contribution in [0.2, 0.25) is 0 Å². The summed E-state index contributed by atoms with van der Waals surface area (Å²) in [5.74, 6) is 0.166. The van der Waals surface area contributed by atoms with Crippen molar-refractivity contribution in [1.82, 2.24) is 5.32 Å². The maximum Gasteiger partial charge on any atom is 0.413 e. The smallest absolute Gasteiger partial charge is 0.410 e. The molecule has 102 valence electrons. The van der Waals surface area contributed by atoms with Crippen LogP contribution in [0.4, 0.5) is 9.18 Å². The molecular formula is C16H14FNO2. The molecule has 1 N–H and O–H groups in total. The van der Waals surface area contributed by atoms with E-state index in [1.807, 2.05) is 6.07 Å². The Morgan fingerprint density at radius 1 is 1.05 bits per heavy atom. The summed E-state index contributed by atoms with van der Waals surface area (Å²) >= 11 is 0. The van der Waals surface area contributed by atoms with Crippen molar-refractivity contribution in [3.05, 3.63) is 66.0 Å². The number of hydrogen-bond donors (Lipinski definition) is 1. The maximum absolute atomic E-state index is 13.8. The van der Waals surface area contributed by atoms with Gasteiger partial charge < -0.3 is 10.1 Å². The molecule has 3 rings (SSSR count). The molecule has 2 aromatic carbocycles. The van der Waals surface area contributed by atoms with Crippen molar-refractivity contribution >= 4 is 6.09 Å². The van der Waals surface area contributed by atoms with Crippen molar-refractivity contribution in [1.29, 1.82) is 0 Å². The van der Waals surface area contributed by atoms with E-state index in [-0.39, 0.29) is 5.82 Å². The molecule has 20 heavy (non-hydrogen) atoms. The molecule has 0 spiro atoms. The minimum atomic E-state index is -0.614. The molecule has 1 aliphatic carbocycles. The lowest BCUT2D eigenvalue weighted by atomic mass is 10.0. The van der Waals surface area contributed by atoms with Gasteiger partial charge in [-0.25, -0.2) is 9.18 Å². The van der Waals surface area contributed by atoms with Crippen LogP contribution in [-0.4, -0.2) is 6.09 Å². The molecule has 0 aliphatic heterocycles. The fourth-order valence-electron chi connectivity index (χ4n) is 2.25. The highest BCUT2D eigenvalue weighted by molar-refractivity contribution is 5.72. The molecule has 0 radical (unpaired) electrons. The van der Waals surface area contributed by atoms with Gasteiger partial charge in [-0.2, -0.15) is 0 Å². The van der Waals surface area contributed by atoms with Gasteiger partial charge in [0.05, 0.1) is 5.54 Å². The molecular weight excluding hydrogens is 257 g/mol. The highest BCUT2D eigenvalue weighted by atomic mass is 19.1. The van der Waals surface area contributed by atoms with Crippen LogP contribution < -0.4 is 10.1 Å². The van der Waals surface area contributed by atoms with E-state index >= 15 is 0 Å². The van der Waals surface area contributed by atoms with Gasteiger partial charge in [0, 0.05) is 5.56 Å². The third-order valence-corrected chi connectivity index (χ3v) is 3.43. The third kappa shape index (κ3) is 2.50. The van der Waals surface area contributed by atoms with Crippen molar-refractivity contribution in [2.24, 2.45) is 0 Å². The Bertz CT molecular complexity index is 623. The summed E-state index contributed by atoms with van der Waals surface area (Å²) < 4.78 is 19.0. The molecule has 2 aromatic rings. The molecule has 0 saturated heterocycles. The van der Waals surface area contributed by atoms with E-state index < -0.39 is 11.6 Å². The number of ether oxygens (including phenoxy) is 1. The zero-order chi connectivity index (χ0) is 14.0. The summed E-state index contributed by atoms with van der Waals surface area (Å²) in [4.78, 5) is 11.9. The van der Waals surface area contributed by atoms with Crippen LogP contribution in [0.5, 0.6) is 5.75 Å². The van der Waals surface area contributed by atoms with Gasteiger partial charge in [-0.3, -0.25) is 0 Å². The number of carbonyl (C=O) groups excluding carboxylic acids is 1. The highest BCUT2D eigenvalue weighted by Gasteiger charge is 2.47. The highest BCUT2D eigenvalue weighted by Crippen LogP contribution is 2.46. The predicted molar refractivity (Wildman–Crippen MR) is 72.9 cm³/mol. The number of hydrogen-bond acceptors (Lipinski definition) is 2. The molecule has 0 aromatic heterocycles. The number of carbonyl (C=O) groups is 1. The first-order valence-corrected chi connectivity index (χ1v) is 6.50. The topological polar surface area (TPSA) is 38.3 Å². The van der Waals surface area contributed by atoms with Gasteiger partial charge in [0.1, 0.15) is 11.6 Å². The first-order valence-electron chi connectivity index (χ1n) is 6.50. The van der Waals surface area contributed by atoms with Gasteiger partial charge >= 0.3 is 6.09 Å². The van der Waals surface area contributed by atoms with Crippen LogP contribution in [0, 0.1) is 5.82 Å². The summed E-state index contributed by atoms with van der Waals surface area (Å²) in [6, 6.07) is 15.3. The van der Waals surface area contributed by atoms with Crippen LogP contribution in [0.25, 0.3) is 0 Å². The molecule has 1 amide bonds. The van der Waals surface area contributed by atoms with Crippen LogP contribution in [0.15, 0.2) is 54.6 Å². The van der Waals surface area contributed by atoms with Crippen molar-refractivity contribution in [3.63, 3.8) is 0 Å². The van der Waals surface area contributed by atoms with E-state index in [1.165, 1.54) is 6.07 Å². The Labute approximate surface area is 116 Å². The maximum atomic E-state index is 13.8. The van der Waals surface area contributed by atoms with Crippen molar-refractivity contribution < 1.29 is 13.9 Å². The molecule has 0 heterocycles. The normalized spacial score (nSPS) is 15.4. The lowest BCUT2D eigenvalue weighted by molar-refractivity contribution is 0.194. The van der Waals surface area contributed by atoms with E-state index in [4.69, 9.17) is 4.74 Å². The number of amides is 1. The zero-order valence-corrected chi connectivity index (χ0v) is 10.8. The quantitative estimate of drug-likeness (QED) is 0.926. The fraction of sp³-hybridized carbons (Fsp3) is 0.188. The van der Waals surface area contributed by atoms with Gasteiger partial charge in [-0.15, -0.1) is 0 Å². The Kier molecular flexibility index (Phi) is 3.14. The minimum absolute atomic E-state index is 0.301. The monoisotopic (exact) mass is 271 g/mol. The number of benzene rings is 2. The zero-order valence-electron chi connectivity index (χ0n) is 10.8. The number of para-hydroxylation sites is 1. The third-order valence-electron chi connectivity index (χ3n) is 3.43. The second kappa shape index (κ2) is 4.96. The second-order valence-corrected chi connectivity index (χ2v) is 4.89. The van der Waals surface area contributed by atoms with Crippen LogP contribution in [0.1, 0.15) is 18.4 Å². The Hall–Kier alpha value is -2.36. The first kappa shape index (κ1) is 12.7. The van der Waals surface area contributed by atoms with Crippen LogP contribution >= 0.6 is 0 Å². The Balaban J connectivity index is 1.72. The summed E-state index contributed by atoms with van der Waals surface area (Å²) in [6.07, 6.45) is 0.882. The van der Waals surface area contributed by atoms with Gasteiger partial charge in [-0.05, 0) is 31.0 Å². The largest absolute Gasteiger partial charge is 0.413 e. The number of rotatable bonds is 3. The van der Waals surface area contributed by atoms with E-state index in [2.05, 4.69) is 5.32 Å². The summed E-state index contributed by atoms with van der Waals surface area (Å²) in [5, 5.41) is 2.77. The van der Waals surface area contributed by atoms with Crippen molar-refractivity contribution in [3.8, 4) is 5.75 Å². The average Bonchev–Trinajstić information content (AvgIpc) is 3.20. The summed E-state index contributed by atoms with van der Waals surface area (Å²) in [5.41, 5.74) is -0.0954. The van der Waals surface area contributed by atoms with E-state index in [0.717, 1.165) is 12.8 Å². The van der Waals surface area contributed by atoms with Crippen LogP contribution in [-0.2, 0) is 5.54 Å². The molecule has 0 bridgehead atoms. The molecule has 4 heteroatoms. The average molecular weight is 271 g/mol. The van der Waals surface area contributed by atoms with E-state index in [0.29, 0.717) is 11.3 Å². The Morgan fingerprint density at radius 2 is 1.70 bits per heavy atom. The van der Waals surface area contributed by atoms with Gasteiger partial charge in [0.25, 0.3) is 0 Å². The molecule has 1 fully saturated rings. The van der Waals surface area contributed by atoms with Gasteiger partial charge in [0.2, 0.25) is 0 Å². The van der Waals surface area contributed by atoms with E-state index in [9.17, 15) is 9.18 Å². The summed E-state index contributed by atoms with van der Waals surface area (Å²) in [6.45, 7) is 0. The minimum Gasteiger partial charge on any atom is -0.410 e. The Morgan fingerprint density at radius 3 is 2.35 bits per heavy atom. The standard InChI is InChI=1S/C16H14FNO2/c17-14-9-5-4-8-13(14)16(10-11-16)18-15(19)20-12-6-2-1-3-7-12/h1-9H,10-11H2,(H,18,19). The lowest BCUT2D eigenvalue weighted by Crippen LogP contribution is -2.37. The summed E-state index contributed by atoms with van der Waals surface area (Å²) in [7, 11) is 0. The van der Waals surface area contributed by atoms with Gasteiger partial charge in [0.15, 0.2) is 0 Å². The lowest BCUT2D eigenvalue weighted by Gasteiger charge is -2.18. The molecule has 3 nitrogen and oxygen atoms in total. The van der Waals surface area contributed by atoms with Crippen molar-refractivity contribution in [2.75, 3.05) is 0 Å². The molecule has 0 unspecified atom stereocenters. The van der Waals surface area contributed by atoms with Crippen molar-refractivity contribution in [2.45, 2.75) is 18.4 Å². The first-order chi connectivity index (χ1) is 9.70. The van der Waals surface area contributed by atoms with Crippen LogP contribution in [0.3, 0.4) is 0 Å². The predicted octanol–water partition coefficient (Wildman–Crippen LogP) is 3.60. The molecule has 1 saturated carbocycles. The second-order valence-electron chi connectivity index (χ2n) is 4.89. The number of halogens is 1. The number of nitrogens with one attached hydrogen (secondary N) is 1. The van der Waals surface area contributed by atoms with E-state index in [1.54, 1.807) is 42.5 Å². The van der Waals surface area contributed by atoms with Gasteiger partial charge in [-0.1, -0.05) is 36.4 Å². The fourth-order valence-corrected chi connectivity index (χ4v) is 2.25.